The highest BCUT2D eigenvalue weighted by molar-refractivity contribution is 5.10. The van der Waals surface area contributed by atoms with Crippen LogP contribution in [0.3, 0.4) is 0 Å². The third-order valence-electron chi connectivity index (χ3n) is 6.75. The van der Waals surface area contributed by atoms with Gasteiger partial charge in [-0.05, 0) is 65.2 Å². The first-order valence-corrected chi connectivity index (χ1v) is 9.41. The van der Waals surface area contributed by atoms with E-state index in [4.69, 9.17) is 9.47 Å². The Hall–Kier alpha value is -0.380. The van der Waals surface area contributed by atoms with E-state index in [1.807, 2.05) is 0 Å². The van der Waals surface area contributed by atoms with Gasteiger partial charge in [0.25, 0.3) is 0 Å². The van der Waals surface area contributed by atoms with Gasteiger partial charge in [-0.2, -0.15) is 0 Å². The average molecular weight is 322 g/mol. The van der Waals surface area contributed by atoms with Crippen LogP contribution in [0.25, 0.3) is 0 Å². The van der Waals surface area contributed by atoms with Gasteiger partial charge in [0.05, 0.1) is 29.0 Å². The van der Waals surface area contributed by atoms with Crippen molar-refractivity contribution >= 4 is 0 Å². The second-order valence-electron chi connectivity index (χ2n) is 8.90. The van der Waals surface area contributed by atoms with Crippen LogP contribution in [0.2, 0.25) is 0 Å². The van der Waals surface area contributed by atoms with Gasteiger partial charge in [0.15, 0.2) is 0 Å². The van der Waals surface area contributed by atoms with Crippen molar-refractivity contribution in [1.29, 1.82) is 0 Å². The number of allylic oxidation sites excluding steroid dienone is 2. The van der Waals surface area contributed by atoms with Crippen LogP contribution in [-0.2, 0) is 9.47 Å². The minimum absolute atomic E-state index is 0.0215. The maximum Gasteiger partial charge on any atom is 0.0924 e. The Morgan fingerprint density at radius 3 is 2.61 bits per heavy atom. The van der Waals surface area contributed by atoms with E-state index in [0.717, 1.165) is 44.9 Å². The zero-order valence-electron chi connectivity index (χ0n) is 15.5. The van der Waals surface area contributed by atoms with Crippen LogP contribution in [0.5, 0.6) is 0 Å². The molecule has 3 aliphatic heterocycles. The largest absolute Gasteiger partial charge is 0.390 e. The van der Waals surface area contributed by atoms with E-state index < -0.39 is 11.7 Å². The Kier molecular flexibility index (Phi) is 4.44. The lowest BCUT2D eigenvalue weighted by Gasteiger charge is -2.38. The van der Waals surface area contributed by atoms with E-state index in [1.54, 1.807) is 0 Å². The monoisotopic (exact) mass is 322 g/mol. The number of epoxide rings is 1. The van der Waals surface area contributed by atoms with E-state index >= 15 is 0 Å². The molecule has 3 heteroatoms. The van der Waals surface area contributed by atoms with Crippen molar-refractivity contribution in [2.45, 2.75) is 109 Å². The van der Waals surface area contributed by atoms with E-state index in [9.17, 15) is 5.11 Å². The smallest absolute Gasteiger partial charge is 0.0924 e. The maximum atomic E-state index is 10.8. The summed E-state index contributed by atoms with van der Waals surface area (Å²) in [4.78, 5) is 0. The Morgan fingerprint density at radius 1 is 1.17 bits per heavy atom. The number of ether oxygens (including phenoxy) is 2. The van der Waals surface area contributed by atoms with Crippen molar-refractivity contribution < 1.29 is 14.6 Å². The molecule has 2 saturated heterocycles. The number of rotatable bonds is 1. The van der Waals surface area contributed by atoms with Crippen LogP contribution in [-0.4, -0.2) is 34.1 Å². The fourth-order valence-electron chi connectivity index (χ4n) is 4.51. The Labute approximate surface area is 141 Å². The fraction of sp³-hybridized carbons (Fsp3) is 0.900. The highest BCUT2D eigenvalue weighted by atomic mass is 16.6. The standard InChI is InChI=1S/C20H34O3/c1-14(2)20-12-11-18(4,23-20)16(21)9-8-15(3)7-6-10-19(5)17(13-20)22-19/h7,14,16-17,21H,6,8-13H2,1-5H3. The maximum absolute atomic E-state index is 10.8. The summed E-state index contributed by atoms with van der Waals surface area (Å²) in [6.07, 6.45) is 9.09. The number of fused-ring (bicyclic) bond motifs is 3. The van der Waals surface area contributed by atoms with Crippen molar-refractivity contribution in [2.75, 3.05) is 0 Å². The molecule has 132 valence electrons. The van der Waals surface area contributed by atoms with Crippen LogP contribution >= 0.6 is 0 Å². The minimum atomic E-state index is -0.413. The van der Waals surface area contributed by atoms with Crippen molar-refractivity contribution in [3.8, 4) is 0 Å². The highest BCUT2D eigenvalue weighted by Crippen LogP contribution is 2.53. The lowest BCUT2D eigenvalue weighted by atomic mass is 9.80. The van der Waals surface area contributed by atoms with Gasteiger partial charge in [-0.15, -0.1) is 0 Å². The van der Waals surface area contributed by atoms with Crippen molar-refractivity contribution in [1.82, 2.24) is 0 Å². The van der Waals surface area contributed by atoms with Gasteiger partial charge in [-0.25, -0.2) is 0 Å². The Bertz CT molecular complexity index is 485. The van der Waals surface area contributed by atoms with Crippen LogP contribution in [0.15, 0.2) is 11.6 Å². The lowest BCUT2D eigenvalue weighted by Crippen LogP contribution is -2.45. The van der Waals surface area contributed by atoms with Gasteiger partial charge in [-0.1, -0.05) is 25.5 Å². The van der Waals surface area contributed by atoms with Gasteiger partial charge < -0.3 is 14.6 Å². The molecule has 2 bridgehead atoms. The number of hydrogen-bond acceptors (Lipinski definition) is 3. The molecule has 3 aliphatic rings. The van der Waals surface area contributed by atoms with Gasteiger partial charge in [0, 0.05) is 6.42 Å². The van der Waals surface area contributed by atoms with E-state index in [0.29, 0.717) is 12.0 Å². The molecule has 0 aliphatic carbocycles. The third-order valence-corrected chi connectivity index (χ3v) is 6.75. The molecule has 0 aromatic rings. The first-order chi connectivity index (χ1) is 10.7. The quantitative estimate of drug-likeness (QED) is 0.575. The van der Waals surface area contributed by atoms with Crippen LogP contribution < -0.4 is 0 Å². The molecule has 5 atom stereocenters. The SMILES string of the molecule is CC1=CCCC2(C)OC2CC2(C(C)C)CCC(C)(O2)C(O)CC1. The summed E-state index contributed by atoms with van der Waals surface area (Å²) in [7, 11) is 0. The minimum Gasteiger partial charge on any atom is -0.390 e. The molecule has 0 radical (unpaired) electrons. The molecule has 3 rings (SSSR count). The number of hydrogen-bond donors (Lipinski definition) is 1. The van der Waals surface area contributed by atoms with E-state index in [2.05, 4.69) is 40.7 Å². The zero-order chi connectivity index (χ0) is 16.9. The van der Waals surface area contributed by atoms with Crippen molar-refractivity contribution in [3.05, 3.63) is 11.6 Å². The molecular weight excluding hydrogens is 288 g/mol. The van der Waals surface area contributed by atoms with Crippen LogP contribution in [0.4, 0.5) is 0 Å². The highest BCUT2D eigenvalue weighted by Gasteiger charge is 2.59. The van der Waals surface area contributed by atoms with Crippen molar-refractivity contribution in [3.63, 3.8) is 0 Å². The molecule has 23 heavy (non-hydrogen) atoms. The van der Waals surface area contributed by atoms with Gasteiger partial charge >= 0.3 is 0 Å². The molecule has 1 N–H and O–H groups in total. The average Bonchev–Trinajstić information content (AvgIpc) is 2.94. The third kappa shape index (κ3) is 3.25. The fourth-order valence-corrected chi connectivity index (χ4v) is 4.51. The van der Waals surface area contributed by atoms with Crippen LogP contribution in [0.1, 0.15) is 79.6 Å². The van der Waals surface area contributed by atoms with Crippen LogP contribution in [0, 0.1) is 5.92 Å². The summed E-state index contributed by atoms with van der Waals surface area (Å²) in [6.45, 7) is 11.0. The number of aliphatic hydroxyl groups excluding tert-OH is 1. The summed E-state index contributed by atoms with van der Waals surface area (Å²) in [6, 6.07) is 0. The summed E-state index contributed by atoms with van der Waals surface area (Å²) in [5.41, 5.74) is 0.840. The molecule has 5 unspecified atom stereocenters. The van der Waals surface area contributed by atoms with E-state index in [-0.39, 0.29) is 11.2 Å². The second-order valence-corrected chi connectivity index (χ2v) is 8.90. The predicted octanol–water partition coefficient (Wildman–Crippen LogP) is 4.38. The number of aliphatic hydroxyl groups is 1. The van der Waals surface area contributed by atoms with Gasteiger partial charge in [0.2, 0.25) is 0 Å². The molecular formula is C20H34O3. The van der Waals surface area contributed by atoms with Gasteiger partial charge in [-0.3, -0.25) is 0 Å². The van der Waals surface area contributed by atoms with Gasteiger partial charge in [0.1, 0.15) is 0 Å². The molecule has 0 aromatic heterocycles. The molecule has 3 heterocycles. The first kappa shape index (κ1) is 17.4. The normalized spacial score (nSPS) is 48.0. The molecule has 0 amide bonds. The zero-order valence-corrected chi connectivity index (χ0v) is 15.5. The summed E-state index contributed by atoms with van der Waals surface area (Å²) >= 11 is 0. The summed E-state index contributed by atoms with van der Waals surface area (Å²) in [5.74, 6) is 0.440. The molecule has 0 spiro atoms. The second kappa shape index (κ2) is 5.86. The molecule has 2 fully saturated rings. The Balaban J connectivity index is 1.85. The van der Waals surface area contributed by atoms with E-state index in [1.165, 1.54) is 5.57 Å². The Morgan fingerprint density at radius 2 is 1.91 bits per heavy atom. The molecule has 3 nitrogen and oxygen atoms in total. The topological polar surface area (TPSA) is 42.0 Å². The molecule has 0 aromatic carbocycles. The first-order valence-electron chi connectivity index (χ1n) is 9.41. The predicted molar refractivity (Wildman–Crippen MR) is 92.4 cm³/mol. The summed E-state index contributed by atoms with van der Waals surface area (Å²) in [5, 5.41) is 10.8. The molecule has 0 saturated carbocycles. The van der Waals surface area contributed by atoms with Crippen molar-refractivity contribution in [2.24, 2.45) is 5.92 Å². The summed E-state index contributed by atoms with van der Waals surface area (Å²) < 4.78 is 12.8. The lowest BCUT2D eigenvalue weighted by molar-refractivity contribution is -0.167.